The molecule has 0 saturated carbocycles. The third kappa shape index (κ3) is 3.44. The Morgan fingerprint density at radius 2 is 2.00 bits per heavy atom. The van der Waals surface area contributed by atoms with Gasteiger partial charge in [-0.3, -0.25) is 0 Å². The monoisotopic (exact) mass is 369 g/mol. The Hall–Kier alpha value is -1.75. The summed E-state index contributed by atoms with van der Waals surface area (Å²) in [4.78, 5) is 16.9. The topological polar surface area (TPSA) is 47.9 Å². The van der Waals surface area contributed by atoms with E-state index in [0.29, 0.717) is 26.2 Å². The normalized spacial score (nSPS) is 16.5. The number of ether oxygens (including phenoxy) is 1. The molecule has 4 nitrogen and oxygen atoms in total. The van der Waals surface area contributed by atoms with Crippen molar-refractivity contribution in [1.29, 1.82) is 0 Å². The second-order valence-corrected chi connectivity index (χ2v) is 6.04. The molecule has 3 rings (SSSR count). The predicted octanol–water partition coefficient (Wildman–Crippen LogP) is 5.06. The number of carbonyl (C=O) groups excluding carboxylic acids is 1. The van der Waals surface area contributed by atoms with Gasteiger partial charge in [-0.25, -0.2) is 4.79 Å². The standard InChI is InChI=1S/C16H10Cl3NO3/c17-10-5-4-9(13(19)6-10)8-22-20-7-14-15-11(16(21)23-14)2-1-3-12(15)18/h1-7,14H,8H2/b20-7+. The van der Waals surface area contributed by atoms with Crippen LogP contribution in [0.15, 0.2) is 41.6 Å². The van der Waals surface area contributed by atoms with E-state index >= 15 is 0 Å². The number of hydrogen-bond donors (Lipinski definition) is 0. The van der Waals surface area contributed by atoms with Crippen molar-refractivity contribution in [2.45, 2.75) is 12.7 Å². The van der Waals surface area contributed by atoms with Gasteiger partial charge in [-0.15, -0.1) is 0 Å². The van der Waals surface area contributed by atoms with Gasteiger partial charge in [0.25, 0.3) is 0 Å². The van der Waals surface area contributed by atoms with Gasteiger partial charge in [0, 0.05) is 26.2 Å². The Kier molecular flexibility index (Phi) is 4.76. The minimum absolute atomic E-state index is 0.169. The summed E-state index contributed by atoms with van der Waals surface area (Å²) < 4.78 is 5.21. The lowest BCUT2D eigenvalue weighted by Gasteiger charge is -2.06. The van der Waals surface area contributed by atoms with E-state index in [1.54, 1.807) is 36.4 Å². The molecule has 0 amide bonds. The molecule has 1 aliphatic heterocycles. The summed E-state index contributed by atoms with van der Waals surface area (Å²) in [6.07, 6.45) is 0.728. The van der Waals surface area contributed by atoms with Crippen molar-refractivity contribution in [2.24, 2.45) is 5.16 Å². The number of fused-ring (bicyclic) bond motifs is 1. The maximum Gasteiger partial charge on any atom is 0.339 e. The number of esters is 1. The average Bonchev–Trinajstić information content (AvgIpc) is 2.83. The molecule has 2 aromatic carbocycles. The number of cyclic esters (lactones) is 1. The summed E-state index contributed by atoms with van der Waals surface area (Å²) in [7, 11) is 0. The molecule has 1 heterocycles. The van der Waals surface area contributed by atoms with Crippen LogP contribution in [-0.4, -0.2) is 12.2 Å². The zero-order valence-corrected chi connectivity index (χ0v) is 13.9. The van der Waals surface area contributed by atoms with Crippen LogP contribution in [0.25, 0.3) is 0 Å². The lowest BCUT2D eigenvalue weighted by Crippen LogP contribution is -2.01. The summed E-state index contributed by atoms with van der Waals surface area (Å²) in [5.41, 5.74) is 1.78. The first kappa shape index (κ1) is 16.1. The molecular formula is C16H10Cl3NO3. The summed E-state index contributed by atoms with van der Waals surface area (Å²) in [5.74, 6) is -0.431. The van der Waals surface area contributed by atoms with E-state index in [2.05, 4.69) is 5.16 Å². The first-order valence-electron chi connectivity index (χ1n) is 6.65. The van der Waals surface area contributed by atoms with Crippen LogP contribution in [0.1, 0.15) is 27.6 Å². The van der Waals surface area contributed by atoms with Crippen LogP contribution in [0.5, 0.6) is 0 Å². The second kappa shape index (κ2) is 6.79. The quantitative estimate of drug-likeness (QED) is 0.429. The molecule has 7 heteroatoms. The summed E-state index contributed by atoms with van der Waals surface area (Å²) in [6, 6.07) is 10.1. The Bertz CT molecular complexity index is 792. The van der Waals surface area contributed by atoms with Crippen molar-refractivity contribution in [2.75, 3.05) is 0 Å². The largest absolute Gasteiger partial charge is 0.448 e. The van der Waals surface area contributed by atoms with Gasteiger partial charge >= 0.3 is 5.97 Å². The van der Waals surface area contributed by atoms with Crippen molar-refractivity contribution in [3.8, 4) is 0 Å². The highest BCUT2D eigenvalue weighted by Gasteiger charge is 2.32. The van der Waals surface area contributed by atoms with Gasteiger partial charge in [-0.2, -0.15) is 0 Å². The third-order valence-corrected chi connectivity index (χ3v) is 4.21. The van der Waals surface area contributed by atoms with Crippen molar-refractivity contribution < 1.29 is 14.4 Å². The van der Waals surface area contributed by atoms with E-state index in [0.717, 1.165) is 5.56 Å². The van der Waals surface area contributed by atoms with Crippen LogP contribution < -0.4 is 0 Å². The van der Waals surface area contributed by atoms with Crippen molar-refractivity contribution in [1.82, 2.24) is 0 Å². The van der Waals surface area contributed by atoms with E-state index in [9.17, 15) is 4.79 Å². The molecule has 0 bridgehead atoms. The first-order valence-corrected chi connectivity index (χ1v) is 7.78. The molecule has 1 aliphatic rings. The molecule has 0 fully saturated rings. The molecular weight excluding hydrogens is 361 g/mol. The Morgan fingerprint density at radius 3 is 2.78 bits per heavy atom. The van der Waals surface area contributed by atoms with E-state index in [4.69, 9.17) is 44.4 Å². The van der Waals surface area contributed by atoms with Gasteiger partial charge in [0.1, 0.15) is 6.61 Å². The average molecular weight is 371 g/mol. The van der Waals surface area contributed by atoms with Crippen molar-refractivity contribution in [3.63, 3.8) is 0 Å². The fourth-order valence-corrected chi connectivity index (χ4v) is 2.94. The lowest BCUT2D eigenvalue weighted by molar-refractivity contribution is 0.0490. The molecule has 0 saturated heterocycles. The highest BCUT2D eigenvalue weighted by atomic mass is 35.5. The SMILES string of the molecule is O=C1OC(/C=N/OCc2ccc(Cl)cc2Cl)c2c(Cl)cccc21. The number of oxime groups is 1. The summed E-state index contributed by atoms with van der Waals surface area (Å²) in [5, 5.41) is 5.33. The van der Waals surface area contributed by atoms with E-state index in [1.165, 1.54) is 6.21 Å². The van der Waals surface area contributed by atoms with Gasteiger partial charge < -0.3 is 9.57 Å². The van der Waals surface area contributed by atoms with Gasteiger partial charge in [0.15, 0.2) is 6.10 Å². The van der Waals surface area contributed by atoms with E-state index < -0.39 is 12.1 Å². The van der Waals surface area contributed by atoms with Gasteiger partial charge in [-0.05, 0) is 24.3 Å². The third-order valence-electron chi connectivity index (χ3n) is 3.30. The number of halogens is 3. The Labute approximate surface area is 147 Å². The maximum absolute atomic E-state index is 11.7. The molecule has 118 valence electrons. The second-order valence-electron chi connectivity index (χ2n) is 4.79. The van der Waals surface area contributed by atoms with Gasteiger partial charge in [-0.1, -0.05) is 52.1 Å². The first-order chi connectivity index (χ1) is 11.1. The molecule has 1 atom stereocenters. The number of rotatable bonds is 4. The maximum atomic E-state index is 11.7. The smallest absolute Gasteiger partial charge is 0.339 e. The molecule has 23 heavy (non-hydrogen) atoms. The molecule has 0 aromatic heterocycles. The number of benzene rings is 2. The minimum atomic E-state index is -0.660. The fourth-order valence-electron chi connectivity index (χ4n) is 2.19. The summed E-state index contributed by atoms with van der Waals surface area (Å²) >= 11 is 18.0. The van der Waals surface area contributed by atoms with Crippen molar-refractivity contribution in [3.05, 3.63) is 68.2 Å². The molecule has 0 radical (unpaired) electrons. The van der Waals surface area contributed by atoms with Crippen LogP contribution in [0.3, 0.4) is 0 Å². The minimum Gasteiger partial charge on any atom is -0.448 e. The zero-order valence-electron chi connectivity index (χ0n) is 11.6. The van der Waals surface area contributed by atoms with Crippen molar-refractivity contribution >= 4 is 47.0 Å². The molecule has 0 N–H and O–H groups in total. The zero-order chi connectivity index (χ0) is 16.4. The highest BCUT2D eigenvalue weighted by Crippen LogP contribution is 2.34. The van der Waals surface area contributed by atoms with Crippen LogP contribution in [0, 0.1) is 0 Å². The molecule has 2 aromatic rings. The molecule has 0 spiro atoms. The summed E-state index contributed by atoms with van der Waals surface area (Å²) in [6.45, 7) is 0.169. The number of nitrogens with zero attached hydrogens (tertiary/aromatic N) is 1. The predicted molar refractivity (Wildman–Crippen MR) is 89.4 cm³/mol. The van der Waals surface area contributed by atoms with Crippen LogP contribution in [-0.2, 0) is 16.2 Å². The Morgan fingerprint density at radius 1 is 1.17 bits per heavy atom. The van der Waals surface area contributed by atoms with Gasteiger partial charge in [0.2, 0.25) is 0 Å². The highest BCUT2D eigenvalue weighted by molar-refractivity contribution is 6.35. The van der Waals surface area contributed by atoms with Gasteiger partial charge in [0.05, 0.1) is 11.8 Å². The van der Waals surface area contributed by atoms with Crippen LogP contribution in [0.2, 0.25) is 15.1 Å². The van der Waals surface area contributed by atoms with E-state index in [1.807, 2.05) is 0 Å². The molecule has 1 unspecified atom stereocenters. The lowest BCUT2D eigenvalue weighted by atomic mass is 10.1. The van der Waals surface area contributed by atoms with Crippen LogP contribution >= 0.6 is 34.8 Å². The van der Waals surface area contributed by atoms with E-state index in [-0.39, 0.29) is 6.61 Å². The Balaban J connectivity index is 1.67. The number of hydrogen-bond acceptors (Lipinski definition) is 4. The van der Waals surface area contributed by atoms with Crippen LogP contribution in [0.4, 0.5) is 0 Å². The fraction of sp³-hybridized carbons (Fsp3) is 0.125. The molecule has 0 aliphatic carbocycles. The number of carbonyl (C=O) groups is 1.